The number of methoxy groups -OCH3 is 1. The quantitative estimate of drug-likeness (QED) is 0.745. The molecule has 0 N–H and O–H groups in total. The Hall–Kier alpha value is -1.26. The number of likely N-dealkylation sites (tertiary alicyclic amines) is 1. The van der Waals surface area contributed by atoms with E-state index in [9.17, 15) is 0 Å². The SMILES string of the molecule is COc1ccc(N2CCN(C3CCCN(C4C5CC6CC(C5)CC4C6)C3)CC2)cc1. The molecule has 4 aliphatic carbocycles. The van der Waals surface area contributed by atoms with Gasteiger partial charge in [-0.3, -0.25) is 9.80 Å². The number of hydrogen-bond acceptors (Lipinski definition) is 4. The molecule has 7 rings (SSSR count). The van der Waals surface area contributed by atoms with Crippen LogP contribution in [0.1, 0.15) is 44.9 Å². The lowest BCUT2D eigenvalue weighted by Crippen LogP contribution is -2.61. The van der Waals surface area contributed by atoms with Crippen molar-refractivity contribution in [2.24, 2.45) is 23.7 Å². The second kappa shape index (κ2) is 8.02. The summed E-state index contributed by atoms with van der Waals surface area (Å²) in [6.45, 7) is 7.45. The average Bonchev–Trinajstić information content (AvgIpc) is 2.79. The number of hydrogen-bond donors (Lipinski definition) is 0. The van der Waals surface area contributed by atoms with Crippen LogP contribution in [0.4, 0.5) is 5.69 Å². The zero-order chi connectivity index (χ0) is 20.1. The molecule has 2 heterocycles. The van der Waals surface area contributed by atoms with Crippen molar-refractivity contribution in [2.75, 3.05) is 51.3 Å². The highest BCUT2D eigenvalue weighted by Gasteiger charge is 2.50. The summed E-state index contributed by atoms with van der Waals surface area (Å²) >= 11 is 0. The largest absolute Gasteiger partial charge is 0.497 e. The number of ether oxygens (including phenoxy) is 1. The lowest BCUT2D eigenvalue weighted by atomic mass is 9.53. The Balaban J connectivity index is 1.06. The monoisotopic (exact) mass is 409 g/mol. The van der Waals surface area contributed by atoms with Crippen LogP contribution in [-0.2, 0) is 0 Å². The number of anilines is 1. The third-order valence-corrected chi connectivity index (χ3v) is 9.29. The van der Waals surface area contributed by atoms with Gasteiger partial charge >= 0.3 is 0 Å². The second-order valence-corrected chi connectivity index (χ2v) is 10.9. The minimum absolute atomic E-state index is 0.786. The molecule has 1 unspecified atom stereocenters. The summed E-state index contributed by atoms with van der Waals surface area (Å²) < 4.78 is 5.32. The van der Waals surface area contributed by atoms with Crippen LogP contribution in [0.25, 0.3) is 0 Å². The van der Waals surface area contributed by atoms with Gasteiger partial charge in [-0.15, -0.1) is 0 Å². The summed E-state index contributed by atoms with van der Waals surface area (Å²) in [5.74, 6) is 5.20. The molecule has 4 nitrogen and oxygen atoms in total. The Morgan fingerprint density at radius 3 is 2.07 bits per heavy atom. The number of nitrogens with zero attached hydrogens (tertiary/aromatic N) is 3. The first-order chi connectivity index (χ1) is 14.8. The second-order valence-electron chi connectivity index (χ2n) is 10.9. The van der Waals surface area contributed by atoms with Gasteiger partial charge in [0.25, 0.3) is 0 Å². The first-order valence-corrected chi connectivity index (χ1v) is 12.6. The smallest absolute Gasteiger partial charge is 0.119 e. The first kappa shape index (κ1) is 19.4. The Labute approximate surface area is 182 Å². The van der Waals surface area contributed by atoms with E-state index < -0.39 is 0 Å². The molecule has 4 heteroatoms. The van der Waals surface area contributed by atoms with Crippen molar-refractivity contribution in [1.29, 1.82) is 0 Å². The van der Waals surface area contributed by atoms with Gasteiger partial charge in [0, 0.05) is 50.5 Å². The fourth-order valence-corrected chi connectivity index (χ4v) is 8.18. The Morgan fingerprint density at radius 1 is 0.767 bits per heavy atom. The summed E-state index contributed by atoms with van der Waals surface area (Å²) in [6, 6.07) is 10.3. The Bertz CT molecular complexity index is 698. The van der Waals surface area contributed by atoms with E-state index in [1.807, 2.05) is 0 Å². The highest BCUT2D eigenvalue weighted by Crippen LogP contribution is 2.55. The van der Waals surface area contributed by atoms with Crippen molar-refractivity contribution in [3.8, 4) is 5.75 Å². The van der Waals surface area contributed by atoms with Gasteiger partial charge in [-0.05, 0) is 99.4 Å². The van der Waals surface area contributed by atoms with Gasteiger partial charge in [0.05, 0.1) is 7.11 Å². The lowest BCUT2D eigenvalue weighted by Gasteiger charge is -2.58. The predicted molar refractivity (Wildman–Crippen MR) is 122 cm³/mol. The van der Waals surface area contributed by atoms with Gasteiger partial charge in [-0.1, -0.05) is 0 Å². The first-order valence-electron chi connectivity index (χ1n) is 12.6. The maximum atomic E-state index is 5.32. The van der Waals surface area contributed by atoms with E-state index in [-0.39, 0.29) is 0 Å². The van der Waals surface area contributed by atoms with Crippen molar-refractivity contribution < 1.29 is 4.74 Å². The molecule has 2 aliphatic heterocycles. The molecular weight excluding hydrogens is 370 g/mol. The number of benzene rings is 1. The van der Waals surface area contributed by atoms with Crippen molar-refractivity contribution >= 4 is 5.69 Å². The maximum Gasteiger partial charge on any atom is 0.119 e. The van der Waals surface area contributed by atoms with E-state index >= 15 is 0 Å². The van der Waals surface area contributed by atoms with E-state index in [4.69, 9.17) is 4.74 Å². The number of piperazine rings is 1. The third-order valence-electron chi connectivity index (χ3n) is 9.29. The van der Waals surface area contributed by atoms with Gasteiger partial charge in [-0.2, -0.15) is 0 Å². The third kappa shape index (κ3) is 3.54. The van der Waals surface area contributed by atoms with Crippen LogP contribution in [-0.4, -0.2) is 68.3 Å². The molecule has 4 saturated carbocycles. The Morgan fingerprint density at radius 2 is 1.43 bits per heavy atom. The topological polar surface area (TPSA) is 19.0 Å². The summed E-state index contributed by atoms with van der Waals surface area (Å²) in [5.41, 5.74) is 1.34. The molecule has 0 spiro atoms. The minimum atomic E-state index is 0.786. The molecule has 1 aromatic carbocycles. The van der Waals surface area contributed by atoms with E-state index in [0.29, 0.717) is 0 Å². The standard InChI is InChI=1S/C26H39N3O/c1-30-25-6-4-23(5-7-25)27-9-11-28(12-10-27)24-3-2-8-29(18-24)26-21-14-19-13-20(16-21)17-22(26)15-19/h4-7,19-22,24,26H,2-3,8-18H2,1H3. The molecule has 6 aliphatic rings. The van der Waals surface area contributed by atoms with Crippen molar-refractivity contribution in [2.45, 2.75) is 57.0 Å². The van der Waals surface area contributed by atoms with Gasteiger partial charge in [0.15, 0.2) is 0 Å². The van der Waals surface area contributed by atoms with Gasteiger partial charge < -0.3 is 9.64 Å². The fraction of sp³-hybridized carbons (Fsp3) is 0.769. The molecule has 2 saturated heterocycles. The molecule has 1 aromatic rings. The molecular formula is C26H39N3O. The van der Waals surface area contributed by atoms with Crippen LogP contribution in [0.15, 0.2) is 24.3 Å². The molecule has 4 bridgehead atoms. The molecule has 0 aromatic heterocycles. The molecule has 6 fully saturated rings. The average molecular weight is 410 g/mol. The van der Waals surface area contributed by atoms with Crippen LogP contribution in [0.2, 0.25) is 0 Å². The van der Waals surface area contributed by atoms with Gasteiger partial charge in [-0.25, -0.2) is 0 Å². The van der Waals surface area contributed by atoms with Crippen molar-refractivity contribution in [1.82, 2.24) is 9.80 Å². The van der Waals surface area contributed by atoms with Crippen LogP contribution >= 0.6 is 0 Å². The summed E-state index contributed by atoms with van der Waals surface area (Å²) in [4.78, 5) is 8.35. The van der Waals surface area contributed by atoms with Crippen molar-refractivity contribution in [3.63, 3.8) is 0 Å². The summed E-state index contributed by atoms with van der Waals surface area (Å²) in [5, 5.41) is 0. The van der Waals surface area contributed by atoms with E-state index in [0.717, 1.165) is 54.6 Å². The highest BCUT2D eigenvalue weighted by molar-refractivity contribution is 5.49. The van der Waals surface area contributed by atoms with Crippen LogP contribution < -0.4 is 9.64 Å². The van der Waals surface area contributed by atoms with Gasteiger partial charge in [0.2, 0.25) is 0 Å². The van der Waals surface area contributed by atoms with Gasteiger partial charge in [0.1, 0.15) is 5.75 Å². The Kier molecular flexibility index (Phi) is 5.19. The molecule has 30 heavy (non-hydrogen) atoms. The minimum Gasteiger partial charge on any atom is -0.497 e. The van der Waals surface area contributed by atoms with Crippen molar-refractivity contribution in [3.05, 3.63) is 24.3 Å². The normalized spacial score (nSPS) is 39.4. The van der Waals surface area contributed by atoms with Crippen LogP contribution in [0.3, 0.4) is 0 Å². The summed E-state index contributed by atoms with van der Waals surface area (Å²) in [7, 11) is 1.74. The number of rotatable bonds is 4. The number of piperidine rings is 1. The molecule has 1 atom stereocenters. The molecule has 0 radical (unpaired) electrons. The maximum absolute atomic E-state index is 5.32. The van der Waals surface area contributed by atoms with E-state index in [1.54, 1.807) is 39.2 Å². The molecule has 164 valence electrons. The zero-order valence-corrected chi connectivity index (χ0v) is 18.7. The fourth-order valence-electron chi connectivity index (χ4n) is 8.18. The van der Waals surface area contributed by atoms with Crippen LogP contribution in [0, 0.1) is 23.7 Å². The zero-order valence-electron chi connectivity index (χ0n) is 18.7. The molecule has 0 amide bonds. The van der Waals surface area contributed by atoms with E-state index in [2.05, 4.69) is 39.0 Å². The highest BCUT2D eigenvalue weighted by atomic mass is 16.5. The summed E-state index contributed by atoms with van der Waals surface area (Å²) in [6.07, 6.45) is 10.6. The lowest BCUT2D eigenvalue weighted by molar-refractivity contribution is -0.0795. The predicted octanol–water partition coefficient (Wildman–Crippen LogP) is 4.11. The van der Waals surface area contributed by atoms with Crippen LogP contribution in [0.5, 0.6) is 5.75 Å². The van der Waals surface area contributed by atoms with E-state index in [1.165, 1.54) is 44.7 Å².